The Hall–Kier alpha value is -2.14. The smallest absolute Gasteiger partial charge is 0.257 e. The Labute approximate surface area is 142 Å². The van der Waals surface area contributed by atoms with Gasteiger partial charge in [-0.25, -0.2) is 0 Å². The summed E-state index contributed by atoms with van der Waals surface area (Å²) in [7, 11) is 0. The predicted octanol–water partition coefficient (Wildman–Crippen LogP) is 2.56. The molecule has 1 aromatic carbocycles. The van der Waals surface area contributed by atoms with Crippen LogP contribution < -0.4 is 0 Å². The quantitative estimate of drug-likeness (QED) is 0.918. The zero-order valence-electron chi connectivity index (χ0n) is 14.2. The maximum Gasteiger partial charge on any atom is 0.257 e. The molecule has 5 heteroatoms. The molecule has 1 amide bonds. The van der Waals surface area contributed by atoms with Crippen LogP contribution >= 0.6 is 0 Å². The topological polar surface area (TPSA) is 58.4 Å². The molecule has 0 aliphatic carbocycles. The van der Waals surface area contributed by atoms with E-state index in [1.54, 1.807) is 10.9 Å². The van der Waals surface area contributed by atoms with Crippen molar-refractivity contribution in [1.82, 2.24) is 14.7 Å². The monoisotopic (exact) mass is 327 g/mol. The van der Waals surface area contributed by atoms with E-state index in [0.717, 1.165) is 24.8 Å². The number of hydrogen-bond donors (Lipinski definition) is 1. The highest BCUT2D eigenvalue weighted by atomic mass is 16.3. The second kappa shape index (κ2) is 7.18. The number of aliphatic hydroxyl groups is 1. The summed E-state index contributed by atoms with van der Waals surface area (Å²) >= 11 is 0. The number of rotatable bonds is 5. The van der Waals surface area contributed by atoms with Crippen LogP contribution in [-0.2, 0) is 6.54 Å². The van der Waals surface area contributed by atoms with Crippen molar-refractivity contribution in [2.45, 2.75) is 32.7 Å². The third-order valence-electron chi connectivity index (χ3n) is 5.26. The third-order valence-corrected chi connectivity index (χ3v) is 5.26. The maximum absolute atomic E-state index is 12.7. The molecule has 1 aliphatic rings. The fraction of sp³-hybridized carbons (Fsp3) is 0.474. The summed E-state index contributed by atoms with van der Waals surface area (Å²) in [4.78, 5) is 14.5. The van der Waals surface area contributed by atoms with Gasteiger partial charge in [0.1, 0.15) is 0 Å². The van der Waals surface area contributed by atoms with Gasteiger partial charge in [0.05, 0.1) is 18.3 Å². The zero-order valence-corrected chi connectivity index (χ0v) is 14.2. The Morgan fingerprint density at radius 3 is 2.58 bits per heavy atom. The van der Waals surface area contributed by atoms with E-state index in [0.29, 0.717) is 25.2 Å². The van der Waals surface area contributed by atoms with E-state index in [2.05, 4.69) is 12.0 Å². The first-order valence-corrected chi connectivity index (χ1v) is 8.62. The van der Waals surface area contributed by atoms with Crippen molar-refractivity contribution in [3.05, 3.63) is 53.9 Å². The minimum Gasteiger partial charge on any atom is -0.396 e. The maximum atomic E-state index is 12.7. The molecule has 1 aromatic heterocycles. The van der Waals surface area contributed by atoms with E-state index in [4.69, 9.17) is 0 Å². The van der Waals surface area contributed by atoms with E-state index in [9.17, 15) is 9.90 Å². The number of amides is 1. The summed E-state index contributed by atoms with van der Waals surface area (Å²) < 4.78 is 1.80. The van der Waals surface area contributed by atoms with Gasteiger partial charge in [0.25, 0.3) is 5.91 Å². The molecule has 2 aromatic rings. The Balaban J connectivity index is 1.62. The van der Waals surface area contributed by atoms with Crippen LogP contribution in [0.4, 0.5) is 0 Å². The minimum atomic E-state index is -0.00568. The van der Waals surface area contributed by atoms with E-state index < -0.39 is 0 Å². The van der Waals surface area contributed by atoms with Gasteiger partial charge in [-0.1, -0.05) is 37.3 Å². The molecule has 128 valence electrons. The molecule has 0 bridgehead atoms. The van der Waals surface area contributed by atoms with Gasteiger partial charge < -0.3 is 10.0 Å². The average molecular weight is 327 g/mol. The van der Waals surface area contributed by atoms with Gasteiger partial charge in [0.2, 0.25) is 0 Å². The van der Waals surface area contributed by atoms with Gasteiger partial charge >= 0.3 is 0 Å². The number of likely N-dealkylation sites (tertiary alicyclic amines) is 1. The van der Waals surface area contributed by atoms with Crippen LogP contribution in [-0.4, -0.2) is 45.4 Å². The lowest BCUT2D eigenvalue weighted by molar-refractivity contribution is 0.0338. The average Bonchev–Trinajstić information content (AvgIpc) is 3.10. The molecule has 0 radical (unpaired) electrons. The van der Waals surface area contributed by atoms with Crippen LogP contribution in [0.2, 0.25) is 0 Å². The lowest BCUT2D eigenvalue weighted by Gasteiger charge is -2.40. The molecule has 0 unspecified atom stereocenters. The van der Waals surface area contributed by atoms with E-state index in [1.165, 1.54) is 0 Å². The molecule has 1 saturated heterocycles. The lowest BCUT2D eigenvalue weighted by Crippen LogP contribution is -2.44. The molecule has 3 rings (SSSR count). The van der Waals surface area contributed by atoms with Crippen molar-refractivity contribution in [2.24, 2.45) is 5.41 Å². The largest absolute Gasteiger partial charge is 0.396 e. The molecule has 24 heavy (non-hydrogen) atoms. The minimum absolute atomic E-state index is 0.00568. The number of carbonyl (C=O) groups is 1. The van der Waals surface area contributed by atoms with Crippen LogP contribution in [0.15, 0.2) is 42.7 Å². The van der Waals surface area contributed by atoms with E-state index in [1.807, 2.05) is 41.4 Å². The van der Waals surface area contributed by atoms with Crippen LogP contribution in [0, 0.1) is 5.41 Å². The normalized spacial score (nSPS) is 17.0. The van der Waals surface area contributed by atoms with Gasteiger partial charge in [-0.15, -0.1) is 0 Å². The van der Waals surface area contributed by atoms with Gasteiger partial charge in [-0.05, 0) is 30.2 Å². The van der Waals surface area contributed by atoms with Crippen molar-refractivity contribution >= 4 is 5.91 Å². The summed E-state index contributed by atoms with van der Waals surface area (Å²) in [6, 6.07) is 10.1. The third kappa shape index (κ3) is 3.51. The first kappa shape index (κ1) is 16.7. The second-order valence-electron chi connectivity index (χ2n) is 6.72. The zero-order chi connectivity index (χ0) is 17.0. The molecule has 0 saturated carbocycles. The van der Waals surface area contributed by atoms with Crippen molar-refractivity contribution < 1.29 is 9.90 Å². The molecule has 2 heterocycles. The highest BCUT2D eigenvalue weighted by molar-refractivity contribution is 5.93. The Bertz CT molecular complexity index is 667. The molecule has 0 atom stereocenters. The van der Waals surface area contributed by atoms with Gasteiger partial charge in [0, 0.05) is 25.9 Å². The number of hydrogen-bond acceptors (Lipinski definition) is 3. The number of piperidine rings is 1. The highest BCUT2D eigenvalue weighted by Crippen LogP contribution is 2.34. The molecule has 5 nitrogen and oxygen atoms in total. The number of aromatic nitrogens is 2. The highest BCUT2D eigenvalue weighted by Gasteiger charge is 2.34. The van der Waals surface area contributed by atoms with Crippen LogP contribution in [0.1, 0.15) is 42.1 Å². The second-order valence-corrected chi connectivity index (χ2v) is 6.72. The Morgan fingerprint density at radius 2 is 1.96 bits per heavy atom. The predicted molar refractivity (Wildman–Crippen MR) is 92.7 cm³/mol. The summed E-state index contributed by atoms with van der Waals surface area (Å²) in [5.41, 5.74) is 1.79. The number of aliphatic hydroxyl groups excluding tert-OH is 1. The fourth-order valence-corrected chi connectivity index (χ4v) is 3.32. The van der Waals surface area contributed by atoms with Crippen molar-refractivity contribution in [1.29, 1.82) is 0 Å². The SMILES string of the molecule is CCC1(CO)CCN(C(=O)c2cnn(Cc3ccccc3)c2)CC1. The molecule has 1 aliphatic heterocycles. The van der Waals surface area contributed by atoms with E-state index in [-0.39, 0.29) is 17.9 Å². The van der Waals surface area contributed by atoms with Gasteiger partial charge in [-0.2, -0.15) is 5.10 Å². The first-order valence-electron chi connectivity index (χ1n) is 8.62. The molecule has 0 spiro atoms. The van der Waals surface area contributed by atoms with Crippen molar-refractivity contribution in [2.75, 3.05) is 19.7 Å². The van der Waals surface area contributed by atoms with Crippen LogP contribution in [0.3, 0.4) is 0 Å². The number of carbonyl (C=O) groups excluding carboxylic acids is 1. The molecular formula is C19H25N3O2. The Morgan fingerprint density at radius 1 is 1.25 bits per heavy atom. The fourth-order valence-electron chi connectivity index (χ4n) is 3.32. The summed E-state index contributed by atoms with van der Waals surface area (Å²) in [5, 5.41) is 13.9. The van der Waals surface area contributed by atoms with Crippen molar-refractivity contribution in [3.63, 3.8) is 0 Å². The lowest BCUT2D eigenvalue weighted by atomic mass is 9.77. The standard InChI is InChI=1S/C19H25N3O2/c1-2-19(15-23)8-10-21(11-9-19)18(24)17-12-20-22(14-17)13-16-6-4-3-5-7-16/h3-7,12,14,23H,2,8-11,13,15H2,1H3. The van der Waals surface area contributed by atoms with Crippen molar-refractivity contribution in [3.8, 4) is 0 Å². The van der Waals surface area contributed by atoms with Gasteiger partial charge in [-0.3, -0.25) is 9.48 Å². The number of nitrogens with zero attached hydrogens (tertiary/aromatic N) is 3. The molecule has 1 N–H and O–H groups in total. The van der Waals surface area contributed by atoms with Gasteiger partial charge in [0.15, 0.2) is 0 Å². The summed E-state index contributed by atoms with van der Waals surface area (Å²) in [6.07, 6.45) is 6.16. The number of benzene rings is 1. The first-order chi connectivity index (χ1) is 11.7. The summed E-state index contributed by atoms with van der Waals surface area (Å²) in [5.74, 6) is 0.0388. The Kier molecular flexibility index (Phi) is 5.00. The summed E-state index contributed by atoms with van der Waals surface area (Å²) in [6.45, 7) is 4.40. The van der Waals surface area contributed by atoms with Crippen LogP contribution in [0.25, 0.3) is 0 Å². The molecular weight excluding hydrogens is 302 g/mol. The molecule has 1 fully saturated rings. The van der Waals surface area contributed by atoms with E-state index >= 15 is 0 Å². The van der Waals surface area contributed by atoms with Crippen LogP contribution in [0.5, 0.6) is 0 Å².